The summed E-state index contributed by atoms with van der Waals surface area (Å²) in [4.78, 5) is 11.7. The number of alkyl halides is 1. The maximum atomic E-state index is 11.7. The van der Waals surface area contributed by atoms with E-state index in [-0.39, 0.29) is 10.7 Å². The highest BCUT2D eigenvalue weighted by molar-refractivity contribution is 7.99. The summed E-state index contributed by atoms with van der Waals surface area (Å²) in [6, 6.07) is 0. The SMILES string of the molecule is CSC(C)(C)CNC(=O)C(C)(C)CCl. The second-order valence-corrected chi connectivity index (χ2v) is 6.44. The van der Waals surface area contributed by atoms with Crippen molar-refractivity contribution in [3.05, 3.63) is 0 Å². The second-order valence-electron chi connectivity index (χ2n) is 4.66. The van der Waals surface area contributed by atoms with E-state index in [4.69, 9.17) is 11.6 Å². The highest BCUT2D eigenvalue weighted by atomic mass is 35.5. The van der Waals surface area contributed by atoms with E-state index in [9.17, 15) is 4.79 Å². The molecule has 14 heavy (non-hydrogen) atoms. The van der Waals surface area contributed by atoms with E-state index in [0.29, 0.717) is 12.4 Å². The average Bonchev–Trinajstić information content (AvgIpc) is 2.14. The summed E-state index contributed by atoms with van der Waals surface area (Å²) in [7, 11) is 0. The van der Waals surface area contributed by atoms with Crippen molar-refractivity contribution in [3.63, 3.8) is 0 Å². The van der Waals surface area contributed by atoms with E-state index in [0.717, 1.165) is 0 Å². The second kappa shape index (κ2) is 5.26. The molecule has 0 rings (SSSR count). The van der Waals surface area contributed by atoms with Gasteiger partial charge in [-0.15, -0.1) is 11.6 Å². The van der Waals surface area contributed by atoms with Crippen molar-refractivity contribution in [3.8, 4) is 0 Å². The summed E-state index contributed by atoms with van der Waals surface area (Å²) in [6.45, 7) is 8.58. The van der Waals surface area contributed by atoms with E-state index in [1.807, 2.05) is 20.1 Å². The molecule has 84 valence electrons. The van der Waals surface area contributed by atoms with Gasteiger partial charge in [-0.05, 0) is 34.0 Å². The van der Waals surface area contributed by atoms with Crippen LogP contribution in [0, 0.1) is 5.41 Å². The molecule has 2 nitrogen and oxygen atoms in total. The highest BCUT2D eigenvalue weighted by Gasteiger charge is 2.27. The van der Waals surface area contributed by atoms with Crippen LogP contribution in [0.2, 0.25) is 0 Å². The molecule has 0 atom stereocenters. The van der Waals surface area contributed by atoms with E-state index in [2.05, 4.69) is 19.2 Å². The lowest BCUT2D eigenvalue weighted by molar-refractivity contribution is -0.128. The van der Waals surface area contributed by atoms with Crippen molar-refractivity contribution in [2.45, 2.75) is 32.4 Å². The minimum atomic E-state index is -0.476. The third-order valence-corrected chi connectivity index (χ3v) is 4.09. The molecule has 0 saturated carbocycles. The van der Waals surface area contributed by atoms with Gasteiger partial charge in [-0.2, -0.15) is 11.8 Å². The number of carbonyl (C=O) groups excluding carboxylic acids is 1. The van der Waals surface area contributed by atoms with Crippen LogP contribution < -0.4 is 5.32 Å². The molecular formula is C10H20ClNOS. The lowest BCUT2D eigenvalue weighted by Crippen LogP contribution is -2.43. The molecule has 0 aromatic rings. The molecule has 0 saturated heterocycles. The molecule has 0 aliphatic carbocycles. The van der Waals surface area contributed by atoms with E-state index in [1.54, 1.807) is 11.8 Å². The molecule has 0 radical (unpaired) electrons. The van der Waals surface area contributed by atoms with Gasteiger partial charge in [0.1, 0.15) is 0 Å². The summed E-state index contributed by atoms with van der Waals surface area (Å²) in [5.74, 6) is 0.369. The van der Waals surface area contributed by atoms with Crippen LogP contribution in [-0.2, 0) is 4.79 Å². The maximum Gasteiger partial charge on any atom is 0.226 e. The van der Waals surface area contributed by atoms with Gasteiger partial charge >= 0.3 is 0 Å². The topological polar surface area (TPSA) is 29.1 Å². The number of amides is 1. The first kappa shape index (κ1) is 14.1. The number of carbonyl (C=O) groups is 1. The Bertz CT molecular complexity index is 204. The Morgan fingerprint density at radius 1 is 1.36 bits per heavy atom. The predicted octanol–water partition coefficient (Wildman–Crippen LogP) is 2.51. The zero-order valence-electron chi connectivity index (χ0n) is 9.61. The van der Waals surface area contributed by atoms with Gasteiger partial charge in [-0.25, -0.2) is 0 Å². The first-order valence-electron chi connectivity index (χ1n) is 4.64. The van der Waals surface area contributed by atoms with E-state index in [1.165, 1.54) is 0 Å². The highest BCUT2D eigenvalue weighted by Crippen LogP contribution is 2.21. The van der Waals surface area contributed by atoms with Gasteiger partial charge in [0, 0.05) is 17.2 Å². The van der Waals surface area contributed by atoms with Crippen molar-refractivity contribution in [1.29, 1.82) is 0 Å². The normalized spacial score (nSPS) is 12.7. The number of hydrogen-bond donors (Lipinski definition) is 1. The molecule has 0 aliphatic rings. The monoisotopic (exact) mass is 237 g/mol. The molecular weight excluding hydrogens is 218 g/mol. The minimum absolute atomic E-state index is 0.0228. The number of thioether (sulfide) groups is 1. The van der Waals surface area contributed by atoms with Crippen LogP contribution in [0.5, 0.6) is 0 Å². The van der Waals surface area contributed by atoms with Gasteiger partial charge < -0.3 is 5.32 Å². The third kappa shape index (κ3) is 4.56. The van der Waals surface area contributed by atoms with Gasteiger partial charge in [0.2, 0.25) is 5.91 Å². The molecule has 0 aromatic carbocycles. The first-order valence-corrected chi connectivity index (χ1v) is 6.40. The maximum absolute atomic E-state index is 11.7. The molecule has 1 N–H and O–H groups in total. The summed E-state index contributed by atoms with van der Waals surface area (Å²) in [5.41, 5.74) is -0.476. The van der Waals surface area contributed by atoms with Gasteiger partial charge in [-0.3, -0.25) is 4.79 Å². The summed E-state index contributed by atoms with van der Waals surface area (Å²) in [6.07, 6.45) is 2.04. The Kier molecular flexibility index (Phi) is 5.31. The molecule has 1 amide bonds. The lowest BCUT2D eigenvalue weighted by Gasteiger charge is -2.26. The molecule has 0 aliphatic heterocycles. The lowest BCUT2D eigenvalue weighted by atomic mass is 9.95. The van der Waals surface area contributed by atoms with E-state index < -0.39 is 5.41 Å². The molecule has 0 bridgehead atoms. The fraction of sp³-hybridized carbons (Fsp3) is 0.900. The van der Waals surface area contributed by atoms with Gasteiger partial charge in [0.15, 0.2) is 0 Å². The number of hydrogen-bond acceptors (Lipinski definition) is 2. The zero-order valence-corrected chi connectivity index (χ0v) is 11.2. The Balaban J connectivity index is 4.10. The van der Waals surface area contributed by atoms with Crippen LogP contribution in [0.25, 0.3) is 0 Å². The van der Waals surface area contributed by atoms with Crippen molar-refractivity contribution in [2.75, 3.05) is 18.7 Å². The van der Waals surface area contributed by atoms with Crippen LogP contribution in [0.15, 0.2) is 0 Å². The molecule has 0 heterocycles. The van der Waals surface area contributed by atoms with Gasteiger partial charge in [0.25, 0.3) is 0 Å². The zero-order chi connectivity index (χ0) is 11.4. The third-order valence-electron chi connectivity index (χ3n) is 2.18. The van der Waals surface area contributed by atoms with Crippen molar-refractivity contribution in [1.82, 2.24) is 5.32 Å². The van der Waals surface area contributed by atoms with E-state index >= 15 is 0 Å². The number of halogens is 1. The Labute approximate surface area is 96.2 Å². The van der Waals surface area contributed by atoms with Crippen LogP contribution in [0.3, 0.4) is 0 Å². The van der Waals surface area contributed by atoms with Crippen molar-refractivity contribution >= 4 is 29.3 Å². The molecule has 0 fully saturated rings. The smallest absolute Gasteiger partial charge is 0.226 e. The average molecular weight is 238 g/mol. The molecule has 0 aromatic heterocycles. The van der Waals surface area contributed by atoms with Crippen molar-refractivity contribution < 1.29 is 4.79 Å². The molecule has 0 spiro atoms. The molecule has 4 heteroatoms. The standard InChI is InChI=1S/C10H20ClNOS/c1-9(2,6-11)8(13)12-7-10(3,4)14-5/h6-7H2,1-5H3,(H,12,13). The van der Waals surface area contributed by atoms with Gasteiger partial charge in [0.05, 0.1) is 5.41 Å². The number of rotatable bonds is 5. The summed E-state index contributed by atoms with van der Waals surface area (Å²) >= 11 is 7.45. The quantitative estimate of drug-likeness (QED) is 0.745. The Morgan fingerprint density at radius 3 is 2.21 bits per heavy atom. The summed E-state index contributed by atoms with van der Waals surface area (Å²) in [5, 5.41) is 2.92. The summed E-state index contributed by atoms with van der Waals surface area (Å²) < 4.78 is 0.0814. The fourth-order valence-corrected chi connectivity index (χ4v) is 1.00. The van der Waals surface area contributed by atoms with Crippen molar-refractivity contribution in [2.24, 2.45) is 5.41 Å². The van der Waals surface area contributed by atoms with Crippen LogP contribution >= 0.6 is 23.4 Å². The number of nitrogens with one attached hydrogen (secondary N) is 1. The largest absolute Gasteiger partial charge is 0.354 e. The first-order chi connectivity index (χ1) is 6.25. The molecule has 0 unspecified atom stereocenters. The van der Waals surface area contributed by atoms with Gasteiger partial charge in [-0.1, -0.05) is 0 Å². The fourth-order valence-electron chi connectivity index (χ4n) is 0.665. The minimum Gasteiger partial charge on any atom is -0.354 e. The van der Waals surface area contributed by atoms with Crippen LogP contribution in [0.4, 0.5) is 0 Å². The predicted molar refractivity (Wildman–Crippen MR) is 65.1 cm³/mol. The van der Waals surface area contributed by atoms with Crippen LogP contribution in [-0.4, -0.2) is 29.3 Å². The van der Waals surface area contributed by atoms with Crippen LogP contribution in [0.1, 0.15) is 27.7 Å². The Hall–Kier alpha value is 0.110. The Morgan fingerprint density at radius 2 is 1.86 bits per heavy atom.